The molecule has 0 radical (unpaired) electrons. The van der Waals surface area contributed by atoms with Crippen LogP contribution in [0.15, 0.2) is 24.3 Å². The van der Waals surface area contributed by atoms with Crippen LogP contribution in [0.25, 0.3) is 0 Å². The van der Waals surface area contributed by atoms with Crippen molar-refractivity contribution in [2.75, 3.05) is 6.54 Å². The maximum atomic E-state index is 12.4. The Bertz CT molecular complexity index is 553. The molecule has 6 nitrogen and oxygen atoms in total. The number of imide groups is 1. The Morgan fingerprint density at radius 2 is 1.95 bits per heavy atom. The van der Waals surface area contributed by atoms with E-state index in [9.17, 15) is 14.4 Å². The zero-order chi connectivity index (χ0) is 14.9. The Kier molecular flexibility index (Phi) is 3.85. The first kappa shape index (κ1) is 14.2. The molecule has 106 valence electrons. The molecule has 0 aliphatic carbocycles. The summed E-state index contributed by atoms with van der Waals surface area (Å²) >= 11 is 0. The number of carbonyl (C=O) groups is 3. The van der Waals surface area contributed by atoms with Crippen molar-refractivity contribution < 1.29 is 14.4 Å². The van der Waals surface area contributed by atoms with Gasteiger partial charge in [0.2, 0.25) is 17.7 Å². The average molecular weight is 275 g/mol. The molecule has 1 saturated heterocycles. The summed E-state index contributed by atoms with van der Waals surface area (Å²) in [5.74, 6) is -1.40. The van der Waals surface area contributed by atoms with Gasteiger partial charge >= 0.3 is 0 Å². The normalized spacial score (nSPS) is 20.6. The highest BCUT2D eigenvalue weighted by Crippen LogP contribution is 2.17. The number of nitrogens with zero attached hydrogens (tertiary/aromatic N) is 1. The molecule has 2 unspecified atom stereocenters. The van der Waals surface area contributed by atoms with E-state index < -0.39 is 29.8 Å². The van der Waals surface area contributed by atoms with Gasteiger partial charge in [-0.3, -0.25) is 19.7 Å². The van der Waals surface area contributed by atoms with Crippen LogP contribution in [0.5, 0.6) is 0 Å². The van der Waals surface area contributed by atoms with Crippen LogP contribution < -0.4 is 11.1 Å². The van der Waals surface area contributed by atoms with Crippen molar-refractivity contribution in [3.05, 3.63) is 35.4 Å². The second kappa shape index (κ2) is 5.42. The molecule has 20 heavy (non-hydrogen) atoms. The molecule has 2 rings (SSSR count). The molecule has 6 heteroatoms. The van der Waals surface area contributed by atoms with E-state index in [-0.39, 0.29) is 6.54 Å². The van der Waals surface area contributed by atoms with Gasteiger partial charge in [-0.15, -0.1) is 0 Å². The summed E-state index contributed by atoms with van der Waals surface area (Å²) in [6, 6.07) is 5.69. The van der Waals surface area contributed by atoms with Crippen LogP contribution in [0.3, 0.4) is 0 Å². The zero-order valence-electron chi connectivity index (χ0n) is 11.4. The Morgan fingerprint density at radius 1 is 1.35 bits per heavy atom. The summed E-state index contributed by atoms with van der Waals surface area (Å²) in [6.45, 7) is 3.36. The van der Waals surface area contributed by atoms with Crippen molar-refractivity contribution in [2.24, 2.45) is 5.73 Å². The van der Waals surface area contributed by atoms with Crippen LogP contribution >= 0.6 is 0 Å². The second-order valence-corrected chi connectivity index (χ2v) is 4.94. The number of amides is 3. The van der Waals surface area contributed by atoms with Crippen LogP contribution in [0, 0.1) is 6.92 Å². The lowest BCUT2D eigenvalue weighted by Gasteiger charge is -2.33. The van der Waals surface area contributed by atoms with E-state index in [2.05, 4.69) is 5.32 Å². The summed E-state index contributed by atoms with van der Waals surface area (Å²) in [5, 5.41) is 2.19. The summed E-state index contributed by atoms with van der Waals surface area (Å²) < 4.78 is 0. The molecule has 0 saturated carbocycles. The van der Waals surface area contributed by atoms with Crippen molar-refractivity contribution in [3.8, 4) is 0 Å². The molecule has 1 heterocycles. The lowest BCUT2D eigenvalue weighted by atomic mass is 10.0. The molecule has 0 bridgehead atoms. The van der Waals surface area contributed by atoms with E-state index >= 15 is 0 Å². The van der Waals surface area contributed by atoms with Gasteiger partial charge in [0, 0.05) is 0 Å². The fourth-order valence-corrected chi connectivity index (χ4v) is 2.08. The maximum absolute atomic E-state index is 12.4. The second-order valence-electron chi connectivity index (χ2n) is 4.94. The minimum atomic E-state index is -0.878. The zero-order valence-corrected chi connectivity index (χ0v) is 11.4. The topological polar surface area (TPSA) is 92.5 Å². The van der Waals surface area contributed by atoms with Crippen molar-refractivity contribution in [3.63, 3.8) is 0 Å². The first-order valence-electron chi connectivity index (χ1n) is 6.36. The third-order valence-electron chi connectivity index (χ3n) is 3.41. The highest BCUT2D eigenvalue weighted by molar-refractivity contribution is 6.04. The van der Waals surface area contributed by atoms with Crippen molar-refractivity contribution in [1.82, 2.24) is 10.2 Å². The third-order valence-corrected chi connectivity index (χ3v) is 3.41. The molecule has 2 atom stereocenters. The summed E-state index contributed by atoms with van der Waals surface area (Å²) in [7, 11) is 0. The quantitative estimate of drug-likeness (QED) is 0.735. The van der Waals surface area contributed by atoms with Crippen LogP contribution in [0.2, 0.25) is 0 Å². The number of hydrogen-bond acceptors (Lipinski definition) is 4. The van der Waals surface area contributed by atoms with Gasteiger partial charge in [-0.05, 0) is 19.4 Å². The number of aryl methyl sites for hydroxylation is 1. The van der Waals surface area contributed by atoms with Gasteiger partial charge in [0.05, 0.1) is 0 Å². The van der Waals surface area contributed by atoms with Gasteiger partial charge in [-0.1, -0.05) is 29.8 Å². The number of nitrogens with one attached hydrogen (secondary N) is 1. The van der Waals surface area contributed by atoms with Gasteiger partial charge in [-0.2, -0.15) is 0 Å². The molecular weight excluding hydrogens is 258 g/mol. The molecule has 3 N–H and O–H groups in total. The molecule has 3 amide bonds. The molecule has 1 aliphatic rings. The van der Waals surface area contributed by atoms with Gasteiger partial charge in [0.25, 0.3) is 0 Å². The van der Waals surface area contributed by atoms with E-state index in [4.69, 9.17) is 5.73 Å². The van der Waals surface area contributed by atoms with Gasteiger partial charge < -0.3 is 10.6 Å². The fourth-order valence-electron chi connectivity index (χ4n) is 2.08. The number of nitrogens with two attached hydrogens (primary N) is 1. The third kappa shape index (κ3) is 2.70. The van der Waals surface area contributed by atoms with E-state index in [0.29, 0.717) is 5.56 Å². The first-order chi connectivity index (χ1) is 9.40. The van der Waals surface area contributed by atoms with Gasteiger partial charge in [-0.25, -0.2) is 0 Å². The lowest BCUT2D eigenvalue weighted by Crippen LogP contribution is -2.60. The Labute approximate surface area is 116 Å². The first-order valence-corrected chi connectivity index (χ1v) is 6.36. The van der Waals surface area contributed by atoms with E-state index in [1.165, 1.54) is 4.90 Å². The van der Waals surface area contributed by atoms with E-state index in [1.54, 1.807) is 19.1 Å². The number of hydrogen-bond donors (Lipinski definition) is 2. The lowest BCUT2D eigenvalue weighted by molar-refractivity contribution is -0.150. The minimum absolute atomic E-state index is 0.148. The van der Waals surface area contributed by atoms with Crippen molar-refractivity contribution >= 4 is 17.7 Å². The van der Waals surface area contributed by atoms with Crippen LogP contribution in [-0.2, 0) is 14.4 Å². The number of carbonyl (C=O) groups excluding carboxylic acids is 3. The molecule has 0 aromatic heterocycles. The fraction of sp³-hybridized carbons (Fsp3) is 0.357. The highest BCUT2D eigenvalue weighted by atomic mass is 16.2. The number of piperazine rings is 1. The molecule has 0 spiro atoms. The Morgan fingerprint density at radius 3 is 2.55 bits per heavy atom. The molecule has 1 aromatic carbocycles. The van der Waals surface area contributed by atoms with Crippen LogP contribution in [0.1, 0.15) is 24.1 Å². The molecule has 1 aromatic rings. The summed E-state index contributed by atoms with van der Waals surface area (Å²) in [6.07, 6.45) is 0. The van der Waals surface area contributed by atoms with Crippen LogP contribution in [0.4, 0.5) is 0 Å². The van der Waals surface area contributed by atoms with Gasteiger partial charge in [0.15, 0.2) is 0 Å². The average Bonchev–Trinajstić information content (AvgIpc) is 2.42. The van der Waals surface area contributed by atoms with Gasteiger partial charge in [0.1, 0.15) is 18.6 Å². The summed E-state index contributed by atoms with van der Waals surface area (Å²) in [4.78, 5) is 36.5. The van der Waals surface area contributed by atoms with E-state index in [1.807, 2.05) is 19.1 Å². The maximum Gasteiger partial charge on any atom is 0.249 e. The summed E-state index contributed by atoms with van der Waals surface area (Å²) in [5.41, 5.74) is 7.66. The molecule has 1 aliphatic heterocycles. The highest BCUT2D eigenvalue weighted by Gasteiger charge is 2.35. The Hall–Kier alpha value is -2.21. The smallest absolute Gasteiger partial charge is 0.249 e. The van der Waals surface area contributed by atoms with Crippen molar-refractivity contribution in [2.45, 2.75) is 25.9 Å². The van der Waals surface area contributed by atoms with E-state index in [0.717, 1.165) is 5.56 Å². The number of benzene rings is 1. The molecule has 1 fully saturated rings. The number of rotatable bonds is 2. The Balaban J connectivity index is 2.19. The SMILES string of the molecule is Cc1ccc(C(N)C(=O)N2CC(=O)NC(=O)C2C)cc1. The molecular formula is C14H17N3O3. The standard InChI is InChI=1S/C14H17N3O3/c1-8-3-5-10(6-4-8)12(15)14(20)17-7-11(18)16-13(19)9(17)2/h3-6,9,12H,7,15H2,1-2H3,(H,16,18,19). The predicted octanol–water partition coefficient (Wildman–Crippen LogP) is -0.132. The van der Waals surface area contributed by atoms with Crippen molar-refractivity contribution in [1.29, 1.82) is 0 Å². The largest absolute Gasteiger partial charge is 0.320 e. The monoisotopic (exact) mass is 275 g/mol. The minimum Gasteiger partial charge on any atom is -0.320 e. The van der Waals surface area contributed by atoms with Crippen LogP contribution in [-0.4, -0.2) is 35.2 Å². The predicted molar refractivity (Wildman–Crippen MR) is 72.4 cm³/mol.